The van der Waals surface area contributed by atoms with Gasteiger partial charge in [0.1, 0.15) is 6.79 Å². The Bertz CT molecular complexity index is 138. The van der Waals surface area contributed by atoms with E-state index in [1.54, 1.807) is 0 Å². The highest BCUT2D eigenvalue weighted by molar-refractivity contribution is 5.82. The van der Waals surface area contributed by atoms with Gasteiger partial charge in [0, 0.05) is 13.8 Å². The van der Waals surface area contributed by atoms with Crippen molar-refractivity contribution in [3.05, 3.63) is 0 Å². The van der Waals surface area contributed by atoms with Crippen molar-refractivity contribution in [2.75, 3.05) is 20.0 Å². The SMILES string of the molecule is C1COCOC1.CC(=O)OC(C)=O. The summed E-state index contributed by atoms with van der Waals surface area (Å²) < 4.78 is 13.7. The Morgan fingerprint density at radius 1 is 1.08 bits per heavy atom. The first-order valence-corrected chi connectivity index (χ1v) is 3.97. The maximum absolute atomic E-state index is 9.81. The predicted octanol–water partition coefficient (Wildman–Crippen LogP) is 0.477. The van der Waals surface area contributed by atoms with E-state index in [1.165, 1.54) is 13.8 Å². The average molecular weight is 190 g/mol. The third kappa shape index (κ3) is 11.1. The summed E-state index contributed by atoms with van der Waals surface area (Å²) in [6.45, 7) is 4.61. The minimum atomic E-state index is -0.562. The molecule has 5 nitrogen and oxygen atoms in total. The smallest absolute Gasteiger partial charge is 0.310 e. The Hall–Kier alpha value is -0.940. The predicted molar refractivity (Wildman–Crippen MR) is 43.8 cm³/mol. The van der Waals surface area contributed by atoms with Crippen LogP contribution in [-0.4, -0.2) is 31.9 Å². The van der Waals surface area contributed by atoms with E-state index in [2.05, 4.69) is 4.74 Å². The Labute approximate surface area is 77.0 Å². The first-order chi connectivity index (χ1) is 6.13. The molecule has 1 saturated heterocycles. The lowest BCUT2D eigenvalue weighted by atomic mass is 10.5. The van der Waals surface area contributed by atoms with Gasteiger partial charge < -0.3 is 14.2 Å². The van der Waals surface area contributed by atoms with Crippen molar-refractivity contribution in [2.24, 2.45) is 0 Å². The van der Waals surface area contributed by atoms with E-state index in [0.29, 0.717) is 6.79 Å². The van der Waals surface area contributed by atoms with E-state index >= 15 is 0 Å². The summed E-state index contributed by atoms with van der Waals surface area (Å²) in [7, 11) is 0. The van der Waals surface area contributed by atoms with Gasteiger partial charge in [-0.25, -0.2) is 0 Å². The fraction of sp³-hybridized carbons (Fsp3) is 0.750. The molecular weight excluding hydrogens is 176 g/mol. The Morgan fingerprint density at radius 3 is 1.62 bits per heavy atom. The van der Waals surface area contributed by atoms with Crippen molar-refractivity contribution < 1.29 is 23.8 Å². The van der Waals surface area contributed by atoms with Crippen LogP contribution < -0.4 is 0 Å². The topological polar surface area (TPSA) is 61.8 Å². The number of carbonyl (C=O) groups is 2. The summed E-state index contributed by atoms with van der Waals surface area (Å²) >= 11 is 0. The molecule has 1 heterocycles. The van der Waals surface area contributed by atoms with Crippen molar-refractivity contribution in [1.82, 2.24) is 0 Å². The van der Waals surface area contributed by atoms with E-state index in [0.717, 1.165) is 19.6 Å². The molecule has 1 rings (SSSR count). The zero-order valence-electron chi connectivity index (χ0n) is 7.87. The molecule has 0 amide bonds. The van der Waals surface area contributed by atoms with Crippen LogP contribution in [0.2, 0.25) is 0 Å². The van der Waals surface area contributed by atoms with Crippen LogP contribution in [0.4, 0.5) is 0 Å². The van der Waals surface area contributed by atoms with Crippen molar-refractivity contribution >= 4 is 11.9 Å². The zero-order chi connectivity index (χ0) is 10.1. The highest BCUT2D eigenvalue weighted by Crippen LogP contribution is 1.91. The Morgan fingerprint density at radius 2 is 1.54 bits per heavy atom. The molecule has 1 aliphatic heterocycles. The van der Waals surface area contributed by atoms with E-state index in [-0.39, 0.29) is 0 Å². The largest absolute Gasteiger partial charge is 0.394 e. The van der Waals surface area contributed by atoms with Crippen LogP contribution in [0.15, 0.2) is 0 Å². The van der Waals surface area contributed by atoms with Gasteiger partial charge in [0.2, 0.25) is 0 Å². The molecule has 0 radical (unpaired) electrons. The number of hydrogen-bond acceptors (Lipinski definition) is 5. The van der Waals surface area contributed by atoms with Crippen LogP contribution >= 0.6 is 0 Å². The third-order valence-electron chi connectivity index (χ3n) is 1.03. The zero-order valence-corrected chi connectivity index (χ0v) is 7.87. The van der Waals surface area contributed by atoms with Crippen molar-refractivity contribution in [2.45, 2.75) is 20.3 Å². The standard InChI is InChI=1S/C4H6O3.C4H8O2/c1-3(5)7-4(2)6;1-2-5-4-6-3-1/h1-2H3;1-4H2. The van der Waals surface area contributed by atoms with E-state index in [1.807, 2.05) is 0 Å². The Kier molecular flexibility index (Phi) is 7.14. The average Bonchev–Trinajstić information content (AvgIpc) is 2.06. The van der Waals surface area contributed by atoms with E-state index in [4.69, 9.17) is 9.47 Å². The third-order valence-corrected chi connectivity index (χ3v) is 1.03. The second-order valence-corrected chi connectivity index (χ2v) is 2.37. The summed E-state index contributed by atoms with van der Waals surface area (Å²) in [5.74, 6) is -1.12. The fourth-order valence-corrected chi connectivity index (χ4v) is 0.642. The van der Waals surface area contributed by atoms with Crippen molar-refractivity contribution in [3.63, 3.8) is 0 Å². The molecule has 76 valence electrons. The fourth-order valence-electron chi connectivity index (χ4n) is 0.642. The normalized spacial score (nSPS) is 15.2. The molecule has 0 saturated carbocycles. The first kappa shape index (κ1) is 12.1. The molecule has 0 atom stereocenters. The molecule has 5 heteroatoms. The summed E-state index contributed by atoms with van der Waals surface area (Å²) in [5, 5.41) is 0. The van der Waals surface area contributed by atoms with Gasteiger partial charge in [0.15, 0.2) is 0 Å². The molecule has 0 unspecified atom stereocenters. The molecule has 1 fully saturated rings. The molecule has 13 heavy (non-hydrogen) atoms. The van der Waals surface area contributed by atoms with Crippen LogP contribution in [0.5, 0.6) is 0 Å². The summed E-state index contributed by atoms with van der Waals surface area (Å²) in [5.41, 5.74) is 0. The number of rotatable bonds is 0. The van der Waals surface area contributed by atoms with Gasteiger partial charge in [-0.1, -0.05) is 0 Å². The second kappa shape index (κ2) is 7.70. The van der Waals surface area contributed by atoms with Gasteiger partial charge in [-0.05, 0) is 6.42 Å². The molecule has 0 bridgehead atoms. The van der Waals surface area contributed by atoms with Gasteiger partial charge in [0.05, 0.1) is 13.2 Å². The number of esters is 2. The van der Waals surface area contributed by atoms with Crippen LogP contribution in [0, 0.1) is 0 Å². The molecule has 0 spiro atoms. The lowest BCUT2D eigenvalue weighted by molar-refractivity contribution is -0.156. The minimum Gasteiger partial charge on any atom is -0.394 e. The van der Waals surface area contributed by atoms with Crippen LogP contribution in [0.25, 0.3) is 0 Å². The lowest BCUT2D eigenvalue weighted by Crippen LogP contribution is -2.11. The maximum atomic E-state index is 9.81. The van der Waals surface area contributed by atoms with Gasteiger partial charge in [-0.3, -0.25) is 9.59 Å². The molecule has 0 aromatic heterocycles. The van der Waals surface area contributed by atoms with E-state index in [9.17, 15) is 9.59 Å². The quantitative estimate of drug-likeness (QED) is 0.410. The molecule has 1 aliphatic rings. The van der Waals surface area contributed by atoms with Gasteiger partial charge in [-0.2, -0.15) is 0 Å². The monoisotopic (exact) mass is 190 g/mol. The van der Waals surface area contributed by atoms with Crippen LogP contribution in [0.1, 0.15) is 20.3 Å². The van der Waals surface area contributed by atoms with Crippen LogP contribution in [-0.2, 0) is 23.8 Å². The summed E-state index contributed by atoms with van der Waals surface area (Å²) in [6, 6.07) is 0. The molecule has 0 aliphatic carbocycles. The maximum Gasteiger partial charge on any atom is 0.310 e. The lowest BCUT2D eigenvalue weighted by Gasteiger charge is -2.09. The number of hydrogen-bond donors (Lipinski definition) is 0. The van der Waals surface area contributed by atoms with Gasteiger partial charge in [-0.15, -0.1) is 0 Å². The molecule has 0 aromatic carbocycles. The molecular formula is C8H14O5. The number of carbonyl (C=O) groups excluding carboxylic acids is 2. The second-order valence-electron chi connectivity index (χ2n) is 2.37. The number of ether oxygens (including phenoxy) is 3. The van der Waals surface area contributed by atoms with Gasteiger partial charge >= 0.3 is 11.9 Å². The highest BCUT2D eigenvalue weighted by atomic mass is 16.7. The molecule has 0 aromatic rings. The summed E-state index contributed by atoms with van der Waals surface area (Å²) in [6.07, 6.45) is 1.06. The first-order valence-electron chi connectivity index (χ1n) is 3.97. The van der Waals surface area contributed by atoms with Crippen LogP contribution in [0.3, 0.4) is 0 Å². The molecule has 0 N–H and O–H groups in total. The van der Waals surface area contributed by atoms with Crippen molar-refractivity contribution in [1.29, 1.82) is 0 Å². The van der Waals surface area contributed by atoms with Gasteiger partial charge in [0.25, 0.3) is 0 Å². The van der Waals surface area contributed by atoms with E-state index < -0.39 is 11.9 Å². The highest BCUT2D eigenvalue weighted by Gasteiger charge is 1.94. The Balaban J connectivity index is 0.000000223. The summed E-state index contributed by atoms with van der Waals surface area (Å²) in [4.78, 5) is 19.6. The minimum absolute atomic E-state index is 0.500. The van der Waals surface area contributed by atoms with Crippen molar-refractivity contribution in [3.8, 4) is 0 Å².